The van der Waals surface area contributed by atoms with Crippen LogP contribution in [0.3, 0.4) is 0 Å². The molecule has 1 amide bonds. The summed E-state index contributed by atoms with van der Waals surface area (Å²) in [5.74, 6) is -0.382. The van der Waals surface area contributed by atoms with Crippen LogP contribution in [0.1, 0.15) is 21.5 Å². The quantitative estimate of drug-likeness (QED) is 0.427. The maximum absolute atomic E-state index is 12.9. The monoisotopic (exact) mass is 416 g/mol. The minimum Gasteiger partial charge on any atom is -0.488 e. The van der Waals surface area contributed by atoms with Crippen LogP contribution in [0.15, 0.2) is 71.8 Å². The highest BCUT2D eigenvalue weighted by atomic mass is 35.5. The smallest absolute Gasteiger partial charge is 0.275 e. The number of benzene rings is 3. The van der Waals surface area contributed by atoms with Crippen molar-refractivity contribution >= 4 is 35.3 Å². The second kappa shape index (κ2) is 9.35. The number of nitrogens with one attached hydrogen (secondary N) is 1. The summed E-state index contributed by atoms with van der Waals surface area (Å²) < 4.78 is 18.7. The van der Waals surface area contributed by atoms with Gasteiger partial charge in [-0.3, -0.25) is 4.79 Å². The van der Waals surface area contributed by atoms with Crippen LogP contribution < -0.4 is 10.2 Å². The predicted molar refractivity (Wildman–Crippen MR) is 109 cm³/mol. The summed E-state index contributed by atoms with van der Waals surface area (Å²) in [6.07, 6.45) is 1.42. The highest BCUT2D eigenvalue weighted by molar-refractivity contribution is 6.35. The predicted octanol–water partition coefficient (Wildman–Crippen LogP) is 5.48. The molecule has 0 bridgehead atoms. The van der Waals surface area contributed by atoms with Crippen molar-refractivity contribution < 1.29 is 13.9 Å². The molecular weight excluding hydrogens is 402 g/mol. The van der Waals surface area contributed by atoms with Crippen LogP contribution >= 0.6 is 23.2 Å². The summed E-state index contributed by atoms with van der Waals surface area (Å²) >= 11 is 12.0. The third kappa shape index (κ3) is 5.31. The fourth-order valence-electron chi connectivity index (χ4n) is 2.35. The molecule has 0 spiro atoms. The Bertz CT molecular complexity index is 1010. The molecule has 0 heterocycles. The summed E-state index contributed by atoms with van der Waals surface area (Å²) in [6.45, 7) is 0.180. The van der Waals surface area contributed by atoms with E-state index in [1.807, 2.05) is 0 Å². The number of carbonyl (C=O) groups excluding carboxylic acids is 1. The first-order chi connectivity index (χ1) is 13.5. The van der Waals surface area contributed by atoms with Gasteiger partial charge in [0.1, 0.15) is 18.2 Å². The van der Waals surface area contributed by atoms with E-state index in [-0.39, 0.29) is 12.4 Å². The summed E-state index contributed by atoms with van der Waals surface area (Å²) in [7, 11) is 0. The third-order valence-corrected chi connectivity index (χ3v) is 4.37. The molecule has 0 aliphatic rings. The van der Waals surface area contributed by atoms with Crippen molar-refractivity contribution in [3.63, 3.8) is 0 Å². The Morgan fingerprint density at radius 2 is 1.82 bits per heavy atom. The summed E-state index contributed by atoms with van der Waals surface area (Å²) in [5.41, 5.74) is 4.16. The Morgan fingerprint density at radius 3 is 2.57 bits per heavy atom. The molecule has 4 nitrogen and oxygen atoms in total. The number of para-hydroxylation sites is 1. The largest absolute Gasteiger partial charge is 0.488 e. The fraction of sp³-hybridized carbons (Fsp3) is 0.0476. The Kier molecular flexibility index (Phi) is 6.63. The maximum atomic E-state index is 12.9. The van der Waals surface area contributed by atoms with Gasteiger partial charge in [0.25, 0.3) is 5.91 Å². The second-order valence-electron chi connectivity index (χ2n) is 5.77. The lowest BCUT2D eigenvalue weighted by molar-refractivity contribution is 0.0950. The number of hydrazone groups is 1. The van der Waals surface area contributed by atoms with Crippen LogP contribution in [-0.4, -0.2) is 12.1 Å². The van der Waals surface area contributed by atoms with Crippen molar-refractivity contribution in [1.82, 2.24) is 5.43 Å². The molecule has 0 saturated heterocycles. The van der Waals surface area contributed by atoms with Crippen molar-refractivity contribution in [3.05, 3.63) is 99.3 Å². The standard InChI is InChI=1S/C21H15Cl2FN2O2/c22-16-8-7-15(19(23)11-16)13-28-20-4-2-1-3-18(20)21(27)26-25-12-14-5-9-17(24)10-6-14/h1-12H,13H2,(H,26,27)/b25-12+. The van der Waals surface area contributed by atoms with Crippen LogP contribution in [0.4, 0.5) is 4.39 Å². The van der Waals surface area contributed by atoms with E-state index in [0.29, 0.717) is 26.9 Å². The van der Waals surface area contributed by atoms with Gasteiger partial charge in [-0.05, 0) is 42.0 Å². The molecule has 0 saturated carbocycles. The van der Waals surface area contributed by atoms with Gasteiger partial charge >= 0.3 is 0 Å². The lowest BCUT2D eigenvalue weighted by Crippen LogP contribution is -2.18. The number of amides is 1. The number of nitrogens with zero attached hydrogens (tertiary/aromatic N) is 1. The van der Waals surface area contributed by atoms with E-state index < -0.39 is 5.91 Å². The van der Waals surface area contributed by atoms with E-state index in [2.05, 4.69) is 10.5 Å². The maximum Gasteiger partial charge on any atom is 0.275 e. The van der Waals surface area contributed by atoms with E-state index >= 15 is 0 Å². The van der Waals surface area contributed by atoms with E-state index in [0.717, 1.165) is 5.56 Å². The SMILES string of the molecule is O=C(N/N=C/c1ccc(F)cc1)c1ccccc1OCc1ccc(Cl)cc1Cl. The van der Waals surface area contributed by atoms with Gasteiger partial charge < -0.3 is 4.74 Å². The van der Waals surface area contributed by atoms with Crippen molar-refractivity contribution in [2.45, 2.75) is 6.61 Å². The molecular formula is C21H15Cl2FN2O2. The fourth-order valence-corrected chi connectivity index (χ4v) is 2.81. The molecule has 0 unspecified atom stereocenters. The molecule has 28 heavy (non-hydrogen) atoms. The molecule has 3 aromatic carbocycles. The van der Waals surface area contributed by atoms with Crippen molar-refractivity contribution in [2.24, 2.45) is 5.10 Å². The van der Waals surface area contributed by atoms with E-state index in [1.165, 1.54) is 18.3 Å². The van der Waals surface area contributed by atoms with Gasteiger partial charge in [-0.15, -0.1) is 0 Å². The van der Waals surface area contributed by atoms with Crippen LogP contribution in [0.5, 0.6) is 5.75 Å². The van der Waals surface area contributed by atoms with Crippen LogP contribution in [0.25, 0.3) is 0 Å². The van der Waals surface area contributed by atoms with Crippen LogP contribution in [-0.2, 0) is 6.61 Å². The van der Waals surface area contributed by atoms with Gasteiger partial charge in [0.05, 0.1) is 11.8 Å². The van der Waals surface area contributed by atoms with Crippen molar-refractivity contribution in [3.8, 4) is 5.75 Å². The number of halogens is 3. The van der Waals surface area contributed by atoms with E-state index in [4.69, 9.17) is 27.9 Å². The lowest BCUT2D eigenvalue weighted by atomic mass is 10.2. The number of rotatable bonds is 6. The topological polar surface area (TPSA) is 50.7 Å². The molecule has 1 N–H and O–H groups in total. The Balaban J connectivity index is 1.67. The van der Waals surface area contributed by atoms with E-state index in [9.17, 15) is 9.18 Å². The van der Waals surface area contributed by atoms with Gasteiger partial charge in [-0.25, -0.2) is 9.82 Å². The molecule has 0 fully saturated rings. The van der Waals surface area contributed by atoms with E-state index in [1.54, 1.807) is 54.6 Å². The summed E-state index contributed by atoms with van der Waals surface area (Å²) in [6, 6.07) is 17.6. The van der Waals surface area contributed by atoms with Gasteiger partial charge in [0.15, 0.2) is 0 Å². The lowest BCUT2D eigenvalue weighted by Gasteiger charge is -2.11. The van der Waals surface area contributed by atoms with Crippen LogP contribution in [0.2, 0.25) is 10.0 Å². The zero-order valence-electron chi connectivity index (χ0n) is 14.5. The van der Waals surface area contributed by atoms with Crippen LogP contribution in [0, 0.1) is 5.82 Å². The number of hydrogen-bond donors (Lipinski definition) is 1. The highest BCUT2D eigenvalue weighted by Crippen LogP contribution is 2.24. The first-order valence-electron chi connectivity index (χ1n) is 8.27. The Labute approximate surface area is 171 Å². The molecule has 0 aliphatic carbocycles. The normalized spacial score (nSPS) is 10.8. The molecule has 142 valence electrons. The minimum atomic E-state index is -0.434. The highest BCUT2D eigenvalue weighted by Gasteiger charge is 2.12. The third-order valence-electron chi connectivity index (χ3n) is 3.78. The molecule has 0 radical (unpaired) electrons. The average Bonchev–Trinajstić information content (AvgIpc) is 2.69. The Hall–Kier alpha value is -2.89. The zero-order chi connectivity index (χ0) is 19.9. The molecule has 3 rings (SSSR count). The number of ether oxygens (including phenoxy) is 1. The first-order valence-corrected chi connectivity index (χ1v) is 9.03. The van der Waals surface area contributed by atoms with Gasteiger partial charge in [-0.2, -0.15) is 5.10 Å². The molecule has 0 atom stereocenters. The zero-order valence-corrected chi connectivity index (χ0v) is 16.0. The average molecular weight is 417 g/mol. The van der Waals surface area contributed by atoms with Crippen molar-refractivity contribution in [1.29, 1.82) is 0 Å². The molecule has 3 aromatic rings. The molecule has 7 heteroatoms. The van der Waals surface area contributed by atoms with Gasteiger partial charge in [-0.1, -0.05) is 53.5 Å². The molecule has 0 aromatic heterocycles. The Morgan fingerprint density at radius 1 is 1.07 bits per heavy atom. The van der Waals surface area contributed by atoms with Gasteiger partial charge in [0.2, 0.25) is 0 Å². The number of hydrogen-bond acceptors (Lipinski definition) is 3. The van der Waals surface area contributed by atoms with Gasteiger partial charge in [0, 0.05) is 15.6 Å². The minimum absolute atomic E-state index is 0.180. The summed E-state index contributed by atoms with van der Waals surface area (Å²) in [5, 5.41) is 4.91. The molecule has 0 aliphatic heterocycles. The second-order valence-corrected chi connectivity index (χ2v) is 6.61. The van der Waals surface area contributed by atoms with Crippen molar-refractivity contribution in [2.75, 3.05) is 0 Å². The summed E-state index contributed by atoms with van der Waals surface area (Å²) in [4.78, 5) is 12.4. The first kappa shape index (κ1) is 19.9. The number of carbonyl (C=O) groups is 1.